The van der Waals surface area contributed by atoms with E-state index in [-0.39, 0.29) is 18.4 Å². The van der Waals surface area contributed by atoms with Gasteiger partial charge in [0.1, 0.15) is 5.75 Å². The van der Waals surface area contributed by atoms with Gasteiger partial charge in [0.25, 0.3) is 0 Å². The number of nitrogens with zero attached hydrogens (tertiary/aromatic N) is 2. The van der Waals surface area contributed by atoms with Crippen molar-refractivity contribution in [2.75, 3.05) is 12.3 Å². The van der Waals surface area contributed by atoms with Crippen molar-refractivity contribution in [3.05, 3.63) is 42.7 Å². The molecule has 0 fully saturated rings. The number of nitrogen functional groups attached to an aromatic ring is 1. The molecule has 0 radical (unpaired) electrons. The molecular formula is C15H20N4O2. The van der Waals surface area contributed by atoms with Crippen LogP contribution in [0, 0.1) is 0 Å². The lowest BCUT2D eigenvalue weighted by Crippen LogP contribution is -2.36. The number of aromatic nitrogens is 2. The van der Waals surface area contributed by atoms with E-state index >= 15 is 0 Å². The monoisotopic (exact) mass is 288 g/mol. The lowest BCUT2D eigenvalue weighted by atomic mass is 10.3. The molecule has 0 aliphatic carbocycles. The third-order valence-electron chi connectivity index (χ3n) is 2.93. The minimum absolute atomic E-state index is 0.0131. The van der Waals surface area contributed by atoms with Gasteiger partial charge in [-0.05, 0) is 25.1 Å². The van der Waals surface area contributed by atoms with Crippen LogP contribution in [0.3, 0.4) is 0 Å². The number of nitrogens with two attached hydrogens (primary N) is 1. The number of anilines is 1. The van der Waals surface area contributed by atoms with E-state index in [1.54, 1.807) is 23.0 Å². The minimum Gasteiger partial charge on any atom is -0.491 e. The van der Waals surface area contributed by atoms with Gasteiger partial charge in [0.05, 0.1) is 25.3 Å². The summed E-state index contributed by atoms with van der Waals surface area (Å²) in [7, 11) is 0. The molecule has 2 rings (SSSR count). The Morgan fingerprint density at radius 1 is 1.43 bits per heavy atom. The van der Waals surface area contributed by atoms with Crippen LogP contribution in [0.2, 0.25) is 0 Å². The fourth-order valence-electron chi connectivity index (χ4n) is 1.95. The van der Waals surface area contributed by atoms with Gasteiger partial charge in [0.2, 0.25) is 5.91 Å². The zero-order valence-electron chi connectivity index (χ0n) is 12.0. The van der Waals surface area contributed by atoms with Crippen LogP contribution in [0.5, 0.6) is 5.75 Å². The molecule has 0 saturated carbocycles. The van der Waals surface area contributed by atoms with Crippen molar-refractivity contribution >= 4 is 11.6 Å². The molecule has 0 aliphatic rings. The standard InChI is InChI=1S/C15H20N4O2/c1-12(11-19-9-4-8-17-19)18-15(20)7-10-21-14-6-3-2-5-13(14)16/h2-6,8-9,12H,7,10-11,16H2,1H3,(H,18,20). The summed E-state index contributed by atoms with van der Waals surface area (Å²) in [5, 5.41) is 7.01. The summed E-state index contributed by atoms with van der Waals surface area (Å²) in [5.41, 5.74) is 6.33. The van der Waals surface area contributed by atoms with Gasteiger partial charge in [-0.15, -0.1) is 0 Å². The molecule has 1 aromatic heterocycles. The van der Waals surface area contributed by atoms with Crippen LogP contribution >= 0.6 is 0 Å². The van der Waals surface area contributed by atoms with Crippen LogP contribution in [-0.4, -0.2) is 28.3 Å². The topological polar surface area (TPSA) is 82.2 Å². The van der Waals surface area contributed by atoms with Crippen LogP contribution in [0.15, 0.2) is 42.7 Å². The Bertz CT molecular complexity index is 569. The zero-order valence-corrected chi connectivity index (χ0v) is 12.0. The molecule has 6 nitrogen and oxygen atoms in total. The summed E-state index contributed by atoms with van der Waals surface area (Å²) in [6.45, 7) is 2.88. The Kier molecular flexibility index (Phi) is 5.20. The first-order valence-corrected chi connectivity index (χ1v) is 6.89. The largest absolute Gasteiger partial charge is 0.491 e. The molecule has 6 heteroatoms. The van der Waals surface area contributed by atoms with E-state index in [1.165, 1.54) is 0 Å². The average Bonchev–Trinajstić information content (AvgIpc) is 2.93. The molecule has 2 aromatic rings. The van der Waals surface area contributed by atoms with E-state index in [1.807, 2.05) is 31.3 Å². The molecule has 1 amide bonds. The van der Waals surface area contributed by atoms with Crippen molar-refractivity contribution in [3.8, 4) is 5.75 Å². The van der Waals surface area contributed by atoms with Crippen molar-refractivity contribution in [2.24, 2.45) is 0 Å². The number of carbonyl (C=O) groups is 1. The Morgan fingerprint density at radius 2 is 2.24 bits per heavy atom. The summed E-state index contributed by atoms with van der Waals surface area (Å²) in [6, 6.07) is 9.10. The summed E-state index contributed by atoms with van der Waals surface area (Å²) < 4.78 is 7.28. The van der Waals surface area contributed by atoms with Crippen molar-refractivity contribution in [2.45, 2.75) is 25.9 Å². The SMILES string of the molecule is CC(Cn1cccn1)NC(=O)CCOc1ccccc1N. The van der Waals surface area contributed by atoms with Gasteiger partial charge in [0.15, 0.2) is 0 Å². The molecule has 3 N–H and O–H groups in total. The van der Waals surface area contributed by atoms with Crippen molar-refractivity contribution in [1.29, 1.82) is 0 Å². The highest BCUT2D eigenvalue weighted by molar-refractivity contribution is 5.76. The Balaban J connectivity index is 1.69. The predicted octanol–water partition coefficient (Wildman–Crippen LogP) is 1.44. The summed E-state index contributed by atoms with van der Waals surface area (Å²) in [5.74, 6) is 0.555. The minimum atomic E-state index is -0.0517. The van der Waals surface area contributed by atoms with Crippen molar-refractivity contribution in [1.82, 2.24) is 15.1 Å². The second-order valence-electron chi connectivity index (χ2n) is 4.83. The molecule has 1 atom stereocenters. The smallest absolute Gasteiger partial charge is 0.223 e. The highest BCUT2D eigenvalue weighted by atomic mass is 16.5. The van der Waals surface area contributed by atoms with Gasteiger partial charge >= 0.3 is 0 Å². The maximum Gasteiger partial charge on any atom is 0.223 e. The second-order valence-corrected chi connectivity index (χ2v) is 4.83. The van der Waals surface area contributed by atoms with E-state index in [4.69, 9.17) is 10.5 Å². The second kappa shape index (κ2) is 7.33. The number of para-hydroxylation sites is 2. The molecule has 1 aromatic carbocycles. The lowest BCUT2D eigenvalue weighted by molar-refractivity contribution is -0.122. The molecule has 0 spiro atoms. The van der Waals surface area contributed by atoms with E-state index < -0.39 is 0 Å². The van der Waals surface area contributed by atoms with Gasteiger partial charge in [-0.2, -0.15) is 5.10 Å². The first-order valence-electron chi connectivity index (χ1n) is 6.89. The average molecular weight is 288 g/mol. The first kappa shape index (κ1) is 14.9. The zero-order chi connectivity index (χ0) is 15.1. The number of ether oxygens (including phenoxy) is 1. The number of amides is 1. The third-order valence-corrected chi connectivity index (χ3v) is 2.93. The molecule has 21 heavy (non-hydrogen) atoms. The predicted molar refractivity (Wildman–Crippen MR) is 80.8 cm³/mol. The van der Waals surface area contributed by atoms with Crippen LogP contribution in [0.4, 0.5) is 5.69 Å². The Labute approximate surface area is 123 Å². The van der Waals surface area contributed by atoms with E-state index in [9.17, 15) is 4.79 Å². The first-order chi connectivity index (χ1) is 10.1. The van der Waals surface area contributed by atoms with E-state index in [0.29, 0.717) is 24.6 Å². The van der Waals surface area contributed by atoms with Gasteiger partial charge in [-0.1, -0.05) is 12.1 Å². The Morgan fingerprint density at radius 3 is 2.95 bits per heavy atom. The maximum absolute atomic E-state index is 11.8. The molecular weight excluding hydrogens is 268 g/mol. The molecule has 0 aliphatic heterocycles. The van der Waals surface area contributed by atoms with E-state index in [0.717, 1.165) is 0 Å². The van der Waals surface area contributed by atoms with Gasteiger partial charge in [-0.3, -0.25) is 9.48 Å². The van der Waals surface area contributed by atoms with Crippen molar-refractivity contribution in [3.63, 3.8) is 0 Å². The summed E-state index contributed by atoms with van der Waals surface area (Å²) in [6.07, 6.45) is 3.87. The summed E-state index contributed by atoms with van der Waals surface area (Å²) >= 11 is 0. The van der Waals surface area contributed by atoms with Gasteiger partial charge in [-0.25, -0.2) is 0 Å². The molecule has 0 bridgehead atoms. The molecule has 0 saturated heterocycles. The number of hydrogen-bond donors (Lipinski definition) is 2. The number of rotatable bonds is 7. The summed E-state index contributed by atoms with van der Waals surface area (Å²) in [4.78, 5) is 11.8. The number of nitrogens with one attached hydrogen (secondary N) is 1. The number of carbonyl (C=O) groups excluding carboxylic acids is 1. The third kappa shape index (κ3) is 4.83. The molecule has 1 heterocycles. The fourth-order valence-corrected chi connectivity index (χ4v) is 1.95. The van der Waals surface area contributed by atoms with Crippen LogP contribution < -0.4 is 15.8 Å². The normalized spacial score (nSPS) is 11.9. The van der Waals surface area contributed by atoms with Crippen LogP contribution in [-0.2, 0) is 11.3 Å². The fraction of sp³-hybridized carbons (Fsp3) is 0.333. The van der Waals surface area contributed by atoms with E-state index in [2.05, 4.69) is 10.4 Å². The molecule has 112 valence electrons. The lowest BCUT2D eigenvalue weighted by Gasteiger charge is -2.14. The number of benzene rings is 1. The highest BCUT2D eigenvalue weighted by Gasteiger charge is 2.08. The quantitative estimate of drug-likeness (QED) is 0.755. The maximum atomic E-state index is 11.8. The van der Waals surface area contributed by atoms with Crippen LogP contribution in [0.25, 0.3) is 0 Å². The highest BCUT2D eigenvalue weighted by Crippen LogP contribution is 2.19. The van der Waals surface area contributed by atoms with Gasteiger partial charge < -0.3 is 15.8 Å². The van der Waals surface area contributed by atoms with Crippen molar-refractivity contribution < 1.29 is 9.53 Å². The molecule has 1 unspecified atom stereocenters. The Hall–Kier alpha value is -2.50. The van der Waals surface area contributed by atoms with Gasteiger partial charge in [0, 0.05) is 18.4 Å². The van der Waals surface area contributed by atoms with Crippen LogP contribution in [0.1, 0.15) is 13.3 Å². The number of hydrogen-bond acceptors (Lipinski definition) is 4.